The monoisotopic (exact) mass is 764 g/mol. The highest BCUT2D eigenvalue weighted by Crippen LogP contribution is 2.25. The molecule has 1 N–H and O–H groups in total. The van der Waals surface area contributed by atoms with Gasteiger partial charge in [0, 0.05) is 18.9 Å². The molecule has 0 amide bonds. The fourth-order valence-electron chi connectivity index (χ4n) is 6.77. The quantitative estimate of drug-likeness (QED) is 0.0375. The number of nitrogens with zero attached hydrogens (tertiary/aromatic N) is 1. The fourth-order valence-corrected chi connectivity index (χ4v) is 6.77. The molecule has 0 aromatic carbocycles. The van der Waals surface area contributed by atoms with Crippen molar-refractivity contribution >= 4 is 18.1 Å². The Bertz CT molecular complexity index is 918. The lowest BCUT2D eigenvalue weighted by Crippen LogP contribution is -2.27. The highest BCUT2D eigenvalue weighted by molar-refractivity contribution is 5.70. The average Bonchev–Trinajstić information content (AvgIpc) is 3.14. The van der Waals surface area contributed by atoms with Crippen LogP contribution < -0.4 is 0 Å². The van der Waals surface area contributed by atoms with Crippen molar-refractivity contribution in [1.82, 2.24) is 4.90 Å². The van der Waals surface area contributed by atoms with E-state index in [0.717, 1.165) is 64.2 Å². The molecule has 316 valence electrons. The summed E-state index contributed by atoms with van der Waals surface area (Å²) in [5, 5.41) is 10.1. The Hall–Kier alpha value is -2.35. The Morgan fingerprint density at radius 2 is 1.06 bits per heavy atom. The Balaban J connectivity index is 5.07. The normalized spacial score (nSPS) is 12.9. The molecule has 0 aromatic rings. The van der Waals surface area contributed by atoms with Crippen molar-refractivity contribution in [3.8, 4) is 0 Å². The van der Waals surface area contributed by atoms with E-state index in [1.807, 2.05) is 19.0 Å². The maximum Gasteiger partial charge on any atom is 0.508 e. The van der Waals surface area contributed by atoms with Crippen molar-refractivity contribution in [3.63, 3.8) is 0 Å². The molecule has 8 nitrogen and oxygen atoms in total. The molecule has 0 saturated heterocycles. The first-order chi connectivity index (χ1) is 26.2. The van der Waals surface area contributed by atoms with E-state index in [1.54, 1.807) is 0 Å². The van der Waals surface area contributed by atoms with Gasteiger partial charge in [0.25, 0.3) is 0 Å². The molecule has 0 aliphatic carbocycles. The second-order valence-corrected chi connectivity index (χ2v) is 15.9. The molecule has 54 heavy (non-hydrogen) atoms. The molecule has 0 fully saturated rings. The van der Waals surface area contributed by atoms with Crippen LogP contribution in [0.1, 0.15) is 194 Å². The van der Waals surface area contributed by atoms with E-state index in [2.05, 4.69) is 45.1 Å². The minimum absolute atomic E-state index is 0.0363. The van der Waals surface area contributed by atoms with Crippen LogP contribution in [0.3, 0.4) is 0 Å². The van der Waals surface area contributed by atoms with E-state index in [9.17, 15) is 19.5 Å². The van der Waals surface area contributed by atoms with Gasteiger partial charge in [0.2, 0.25) is 0 Å². The van der Waals surface area contributed by atoms with E-state index in [-0.39, 0.29) is 32.2 Å². The van der Waals surface area contributed by atoms with E-state index in [0.29, 0.717) is 25.3 Å². The number of ether oxygens (including phenoxy) is 3. The topological polar surface area (TPSA) is 102 Å². The lowest BCUT2D eigenvalue weighted by molar-refractivity contribution is -0.147. The Morgan fingerprint density at radius 1 is 0.574 bits per heavy atom. The minimum Gasteiger partial charge on any atom is -0.481 e. The summed E-state index contributed by atoms with van der Waals surface area (Å²) in [7, 11) is 3.79. The van der Waals surface area contributed by atoms with Crippen LogP contribution in [0.25, 0.3) is 0 Å². The predicted octanol–water partition coefficient (Wildman–Crippen LogP) is 12.9. The Morgan fingerprint density at radius 3 is 1.61 bits per heavy atom. The van der Waals surface area contributed by atoms with Gasteiger partial charge in [0.05, 0.1) is 12.5 Å². The van der Waals surface area contributed by atoms with Crippen molar-refractivity contribution in [2.24, 2.45) is 17.8 Å². The number of carboxylic acid groups (broad SMARTS) is 1. The second kappa shape index (κ2) is 38.9. The number of carbonyl (C=O) groups is 3. The molecule has 0 aliphatic rings. The minimum atomic E-state index is -0.858. The van der Waals surface area contributed by atoms with Crippen LogP contribution in [0.4, 0.5) is 4.79 Å². The number of unbranched alkanes of at least 4 members (excludes halogenated alkanes) is 17. The molecule has 0 aliphatic heterocycles. The molecule has 0 spiro atoms. The SMILES string of the molecule is CCCCC/C=C\C/C=C\CCCCCCC(CC(COC(=O)CC(CCCCCCCC)CCCCCCCC)COC(=O)OCCN(C)C)C(=O)O. The van der Waals surface area contributed by atoms with Crippen molar-refractivity contribution in [2.45, 2.75) is 194 Å². The third-order valence-electron chi connectivity index (χ3n) is 10.3. The third kappa shape index (κ3) is 35.4. The zero-order valence-corrected chi connectivity index (χ0v) is 35.8. The predicted molar refractivity (Wildman–Crippen MR) is 225 cm³/mol. The third-order valence-corrected chi connectivity index (χ3v) is 10.3. The van der Waals surface area contributed by atoms with Gasteiger partial charge >= 0.3 is 18.1 Å². The summed E-state index contributed by atoms with van der Waals surface area (Å²) >= 11 is 0. The highest BCUT2D eigenvalue weighted by atomic mass is 16.7. The van der Waals surface area contributed by atoms with Crippen molar-refractivity contribution in [2.75, 3.05) is 40.5 Å². The van der Waals surface area contributed by atoms with E-state index in [1.165, 1.54) is 89.9 Å². The summed E-state index contributed by atoms with van der Waals surface area (Å²) in [6.45, 7) is 7.46. The Labute approximate surface area is 332 Å². The van der Waals surface area contributed by atoms with Gasteiger partial charge in [0.1, 0.15) is 13.2 Å². The summed E-state index contributed by atoms with van der Waals surface area (Å²) in [5.41, 5.74) is 0. The fraction of sp³-hybridized carbons (Fsp3) is 0.848. The first kappa shape index (κ1) is 51.6. The van der Waals surface area contributed by atoms with Gasteiger partial charge in [-0.25, -0.2) is 4.79 Å². The first-order valence-electron chi connectivity index (χ1n) is 22.4. The van der Waals surface area contributed by atoms with Crippen molar-refractivity contribution < 1.29 is 33.7 Å². The van der Waals surface area contributed by atoms with Crippen LogP contribution in [0.15, 0.2) is 24.3 Å². The van der Waals surface area contributed by atoms with Crippen molar-refractivity contribution in [3.05, 3.63) is 24.3 Å². The van der Waals surface area contributed by atoms with Gasteiger partial charge in [-0.2, -0.15) is 0 Å². The van der Waals surface area contributed by atoms with E-state index in [4.69, 9.17) is 14.2 Å². The molecule has 0 rings (SSSR count). The van der Waals surface area contributed by atoms with Gasteiger partial charge in [-0.3, -0.25) is 9.59 Å². The van der Waals surface area contributed by atoms with E-state index >= 15 is 0 Å². The maximum atomic E-state index is 13.2. The number of hydrogen-bond donors (Lipinski definition) is 1. The average molecular weight is 764 g/mol. The number of rotatable bonds is 39. The largest absolute Gasteiger partial charge is 0.508 e. The molecule has 2 atom stereocenters. The summed E-state index contributed by atoms with van der Waals surface area (Å²) < 4.78 is 16.4. The van der Waals surface area contributed by atoms with Gasteiger partial charge in [-0.15, -0.1) is 0 Å². The number of esters is 1. The molecular weight excluding hydrogens is 679 g/mol. The first-order valence-corrected chi connectivity index (χ1v) is 22.4. The molecule has 0 aromatic heterocycles. The number of allylic oxidation sites excluding steroid dienone is 4. The van der Waals surface area contributed by atoms with Crippen LogP contribution >= 0.6 is 0 Å². The summed E-state index contributed by atoms with van der Waals surface area (Å²) in [5.74, 6) is -1.81. The molecule has 0 radical (unpaired) electrons. The zero-order chi connectivity index (χ0) is 39.9. The highest BCUT2D eigenvalue weighted by Gasteiger charge is 2.26. The number of likely N-dealkylation sites (N-methyl/N-ethyl adjacent to an activating group) is 1. The van der Waals surface area contributed by atoms with Gasteiger partial charge in [0.15, 0.2) is 0 Å². The van der Waals surface area contributed by atoms with Crippen LogP contribution in [0.5, 0.6) is 0 Å². The van der Waals surface area contributed by atoms with Crippen LogP contribution in [0.2, 0.25) is 0 Å². The molecule has 2 unspecified atom stereocenters. The number of aliphatic carboxylic acids is 1. The summed E-state index contributed by atoms with van der Waals surface area (Å²) in [6.07, 6.45) is 37.3. The van der Waals surface area contributed by atoms with Gasteiger partial charge in [-0.1, -0.05) is 154 Å². The van der Waals surface area contributed by atoms with Crippen LogP contribution in [-0.4, -0.2) is 68.6 Å². The summed E-state index contributed by atoms with van der Waals surface area (Å²) in [4.78, 5) is 39.8. The number of carboxylic acids is 1. The molecule has 8 heteroatoms. The number of hydrogen-bond acceptors (Lipinski definition) is 7. The van der Waals surface area contributed by atoms with Gasteiger partial charge < -0.3 is 24.2 Å². The molecule has 0 bridgehead atoms. The van der Waals surface area contributed by atoms with Crippen molar-refractivity contribution in [1.29, 1.82) is 0 Å². The smallest absolute Gasteiger partial charge is 0.481 e. The van der Waals surface area contributed by atoms with Crippen LogP contribution in [0, 0.1) is 17.8 Å². The number of carbonyl (C=O) groups excluding carboxylic acids is 2. The summed E-state index contributed by atoms with van der Waals surface area (Å²) in [6, 6.07) is 0. The molecular formula is C46H85NO7. The van der Waals surface area contributed by atoms with Gasteiger partial charge in [-0.05, 0) is 77.8 Å². The maximum absolute atomic E-state index is 13.2. The van der Waals surface area contributed by atoms with Crippen LogP contribution in [-0.2, 0) is 23.8 Å². The lowest BCUT2D eigenvalue weighted by Gasteiger charge is -2.22. The lowest BCUT2D eigenvalue weighted by atomic mass is 9.90. The molecule has 0 saturated carbocycles. The zero-order valence-electron chi connectivity index (χ0n) is 35.8. The Kier molecular flexibility index (Phi) is 37.2. The second-order valence-electron chi connectivity index (χ2n) is 15.9. The standard InChI is InChI=1S/C46H85NO7/c1-6-9-12-15-18-19-20-21-22-23-24-25-28-31-34-43(45(49)50)37-42(40-54-46(51)52-36-35-47(4)5)39-53-44(48)38-41(32-29-26-16-13-10-7-2)33-30-27-17-14-11-8-3/h18-19,21-22,41-43H,6-17,20,23-40H2,1-5H3,(H,49,50)/b19-18-,22-21-. The van der Waals surface area contributed by atoms with E-state index < -0.39 is 24.0 Å². The molecule has 0 heterocycles.